The highest BCUT2D eigenvalue weighted by molar-refractivity contribution is 7.87. The lowest BCUT2D eigenvalue weighted by atomic mass is 10.0. The van der Waals surface area contributed by atoms with Crippen molar-refractivity contribution in [2.45, 2.75) is 39.5 Å². The van der Waals surface area contributed by atoms with Crippen molar-refractivity contribution >= 4 is 16.2 Å². The van der Waals surface area contributed by atoms with Crippen molar-refractivity contribution in [3.63, 3.8) is 0 Å². The Bertz CT molecular complexity index is 383. The van der Waals surface area contributed by atoms with Crippen LogP contribution in [0.15, 0.2) is 0 Å². The molecule has 0 aromatic carbocycles. The van der Waals surface area contributed by atoms with E-state index >= 15 is 0 Å². The van der Waals surface area contributed by atoms with Crippen molar-refractivity contribution in [3.05, 3.63) is 0 Å². The van der Waals surface area contributed by atoms with E-state index in [1.165, 1.54) is 4.31 Å². The summed E-state index contributed by atoms with van der Waals surface area (Å²) in [5, 5.41) is 0. The summed E-state index contributed by atoms with van der Waals surface area (Å²) in [4.78, 5) is 11.1. The van der Waals surface area contributed by atoms with E-state index in [4.69, 9.17) is 4.74 Å². The van der Waals surface area contributed by atoms with Crippen LogP contribution in [0.5, 0.6) is 0 Å². The average Bonchev–Trinajstić information content (AvgIpc) is 2.35. The summed E-state index contributed by atoms with van der Waals surface area (Å²) in [7, 11) is -3.40. The monoisotopic (exact) mass is 292 g/mol. The molecule has 0 spiro atoms. The lowest BCUT2D eigenvalue weighted by Crippen LogP contribution is -2.45. The van der Waals surface area contributed by atoms with Gasteiger partial charge in [0.1, 0.15) is 0 Å². The molecule has 0 bridgehead atoms. The zero-order valence-corrected chi connectivity index (χ0v) is 12.5. The van der Waals surface area contributed by atoms with Gasteiger partial charge >= 0.3 is 5.97 Å². The van der Waals surface area contributed by atoms with Crippen LogP contribution >= 0.6 is 0 Å². The molecular weight excluding hydrogens is 268 g/mol. The van der Waals surface area contributed by atoms with E-state index in [9.17, 15) is 13.2 Å². The maximum atomic E-state index is 12.0. The number of nitrogens with zero attached hydrogens (tertiary/aromatic N) is 1. The summed E-state index contributed by atoms with van der Waals surface area (Å²) in [6.45, 7) is 5.59. The molecule has 0 radical (unpaired) electrons. The number of nitrogens with one attached hydrogen (secondary N) is 1. The second-order valence-corrected chi connectivity index (χ2v) is 6.67. The SMILES string of the molecule is CCOC(=O)CCCNS(=O)(=O)N1CCCC(C)C1. The fourth-order valence-electron chi connectivity index (χ4n) is 2.12. The fourth-order valence-corrected chi connectivity index (χ4v) is 3.53. The van der Waals surface area contributed by atoms with Gasteiger partial charge in [-0.2, -0.15) is 12.7 Å². The molecule has 7 heteroatoms. The van der Waals surface area contributed by atoms with Gasteiger partial charge < -0.3 is 4.74 Å². The summed E-state index contributed by atoms with van der Waals surface area (Å²) in [6, 6.07) is 0. The number of piperidine rings is 1. The molecule has 1 fully saturated rings. The molecule has 19 heavy (non-hydrogen) atoms. The molecule has 1 rings (SSSR count). The van der Waals surface area contributed by atoms with Crippen LogP contribution in [0, 0.1) is 5.92 Å². The maximum absolute atomic E-state index is 12.0. The molecule has 1 heterocycles. The van der Waals surface area contributed by atoms with Crippen molar-refractivity contribution in [2.75, 3.05) is 26.2 Å². The van der Waals surface area contributed by atoms with Crippen LogP contribution in [0.1, 0.15) is 39.5 Å². The molecule has 1 atom stereocenters. The van der Waals surface area contributed by atoms with E-state index in [2.05, 4.69) is 11.6 Å². The number of esters is 1. The van der Waals surface area contributed by atoms with E-state index in [0.29, 0.717) is 32.0 Å². The molecular formula is C12H24N2O4S. The van der Waals surface area contributed by atoms with Crippen LogP contribution in [-0.2, 0) is 19.7 Å². The molecule has 1 aliphatic heterocycles. The minimum atomic E-state index is -3.40. The third kappa shape index (κ3) is 5.88. The Morgan fingerprint density at radius 3 is 2.84 bits per heavy atom. The predicted octanol–water partition coefficient (Wildman–Crippen LogP) is 0.896. The highest BCUT2D eigenvalue weighted by atomic mass is 32.2. The summed E-state index contributed by atoms with van der Waals surface area (Å²) in [5.41, 5.74) is 0. The smallest absolute Gasteiger partial charge is 0.305 e. The average molecular weight is 292 g/mol. The van der Waals surface area contributed by atoms with Crippen molar-refractivity contribution in [1.29, 1.82) is 0 Å². The van der Waals surface area contributed by atoms with Gasteiger partial charge in [-0.25, -0.2) is 4.72 Å². The van der Waals surface area contributed by atoms with Crippen LogP contribution in [0.2, 0.25) is 0 Å². The molecule has 1 aliphatic rings. The lowest BCUT2D eigenvalue weighted by molar-refractivity contribution is -0.143. The maximum Gasteiger partial charge on any atom is 0.305 e. The van der Waals surface area contributed by atoms with Crippen molar-refractivity contribution in [2.24, 2.45) is 5.92 Å². The van der Waals surface area contributed by atoms with Gasteiger partial charge in [0, 0.05) is 26.1 Å². The molecule has 0 aromatic heterocycles. The summed E-state index contributed by atoms with van der Waals surface area (Å²) in [5.74, 6) is 0.123. The fraction of sp³-hybridized carbons (Fsp3) is 0.917. The Morgan fingerprint density at radius 1 is 1.47 bits per heavy atom. The van der Waals surface area contributed by atoms with Crippen molar-refractivity contribution in [3.8, 4) is 0 Å². The predicted molar refractivity (Wildman–Crippen MR) is 72.8 cm³/mol. The molecule has 0 amide bonds. The number of rotatable bonds is 7. The van der Waals surface area contributed by atoms with Gasteiger partial charge in [0.05, 0.1) is 6.61 Å². The molecule has 0 aliphatic carbocycles. The Kier molecular flexibility index (Phi) is 6.74. The third-order valence-electron chi connectivity index (χ3n) is 3.11. The zero-order chi connectivity index (χ0) is 14.3. The third-order valence-corrected chi connectivity index (χ3v) is 4.69. The summed E-state index contributed by atoms with van der Waals surface area (Å²) in [6.07, 6.45) is 2.69. The van der Waals surface area contributed by atoms with E-state index in [-0.39, 0.29) is 18.9 Å². The second-order valence-electron chi connectivity index (χ2n) is 4.91. The van der Waals surface area contributed by atoms with Crippen LogP contribution < -0.4 is 4.72 Å². The highest BCUT2D eigenvalue weighted by Crippen LogP contribution is 2.17. The molecule has 1 saturated heterocycles. The van der Waals surface area contributed by atoms with Gasteiger partial charge in [0.2, 0.25) is 0 Å². The van der Waals surface area contributed by atoms with Crippen LogP contribution in [0.4, 0.5) is 0 Å². The van der Waals surface area contributed by atoms with E-state index in [1.54, 1.807) is 6.92 Å². The Labute approximate surface area is 115 Å². The number of hydrogen-bond acceptors (Lipinski definition) is 4. The number of carbonyl (C=O) groups excluding carboxylic acids is 1. The number of hydrogen-bond donors (Lipinski definition) is 1. The first-order valence-corrected chi connectivity index (χ1v) is 8.30. The van der Waals surface area contributed by atoms with E-state index < -0.39 is 10.2 Å². The van der Waals surface area contributed by atoms with Gasteiger partial charge in [-0.05, 0) is 32.1 Å². The van der Waals surface area contributed by atoms with Gasteiger partial charge in [-0.3, -0.25) is 4.79 Å². The summed E-state index contributed by atoms with van der Waals surface area (Å²) < 4.78 is 32.8. The van der Waals surface area contributed by atoms with Crippen LogP contribution in [-0.4, -0.2) is 44.9 Å². The Balaban J connectivity index is 2.29. The zero-order valence-electron chi connectivity index (χ0n) is 11.7. The summed E-state index contributed by atoms with van der Waals surface area (Å²) >= 11 is 0. The van der Waals surface area contributed by atoms with Crippen LogP contribution in [0.3, 0.4) is 0 Å². The van der Waals surface area contributed by atoms with Crippen molar-refractivity contribution in [1.82, 2.24) is 9.03 Å². The highest BCUT2D eigenvalue weighted by Gasteiger charge is 2.26. The van der Waals surface area contributed by atoms with E-state index in [1.807, 2.05) is 0 Å². The molecule has 1 N–H and O–H groups in total. The topological polar surface area (TPSA) is 75.7 Å². The minimum Gasteiger partial charge on any atom is -0.466 e. The Hall–Kier alpha value is -0.660. The Morgan fingerprint density at radius 2 is 2.21 bits per heavy atom. The van der Waals surface area contributed by atoms with Gasteiger partial charge in [0.25, 0.3) is 10.2 Å². The molecule has 6 nitrogen and oxygen atoms in total. The van der Waals surface area contributed by atoms with Gasteiger partial charge in [0.15, 0.2) is 0 Å². The largest absolute Gasteiger partial charge is 0.466 e. The first-order valence-electron chi connectivity index (χ1n) is 6.86. The first kappa shape index (κ1) is 16.4. The van der Waals surface area contributed by atoms with Gasteiger partial charge in [-0.15, -0.1) is 0 Å². The normalized spacial score (nSPS) is 21.3. The van der Waals surface area contributed by atoms with Crippen molar-refractivity contribution < 1.29 is 17.9 Å². The number of ether oxygens (including phenoxy) is 1. The standard InChI is InChI=1S/C12H24N2O4S/c1-3-18-12(15)7-4-8-13-19(16,17)14-9-5-6-11(2)10-14/h11,13H,3-10H2,1-2H3. The van der Waals surface area contributed by atoms with Crippen LogP contribution in [0.25, 0.3) is 0 Å². The molecule has 1 unspecified atom stereocenters. The minimum absolute atomic E-state index is 0.243. The molecule has 0 aromatic rings. The molecule has 112 valence electrons. The lowest BCUT2D eigenvalue weighted by Gasteiger charge is -2.29. The number of carbonyl (C=O) groups is 1. The van der Waals surface area contributed by atoms with E-state index in [0.717, 1.165) is 12.8 Å². The first-order chi connectivity index (χ1) is 8.95. The second kappa shape index (κ2) is 7.81. The molecule has 0 saturated carbocycles. The quantitative estimate of drug-likeness (QED) is 0.558. The van der Waals surface area contributed by atoms with Gasteiger partial charge in [-0.1, -0.05) is 6.92 Å².